The molecule has 0 aliphatic carbocycles. The average molecular weight is 747 g/mol. The van der Waals surface area contributed by atoms with Crippen molar-refractivity contribution < 1.29 is 39.4 Å². The van der Waals surface area contributed by atoms with Crippen molar-refractivity contribution in [2.45, 2.75) is 192 Å². The highest BCUT2D eigenvalue weighted by molar-refractivity contribution is 5.10. The molecule has 0 aromatic rings. The zero-order valence-corrected chi connectivity index (χ0v) is 33.5. The predicted octanol–water partition coefficient (Wildman–Crippen LogP) is 10.1. The normalized spacial score (nSPS) is 21.8. The zero-order chi connectivity index (χ0) is 38.5. The van der Waals surface area contributed by atoms with Gasteiger partial charge < -0.3 is 39.4 Å². The first-order valence-electron chi connectivity index (χ1n) is 21.2. The molecule has 1 heterocycles. The summed E-state index contributed by atoms with van der Waals surface area (Å²) in [6.07, 6.45) is 44.7. The van der Waals surface area contributed by atoms with Crippen LogP contribution in [0.15, 0.2) is 73.3 Å². The number of ether oxygens (including phenoxy) is 4. The minimum Gasteiger partial charge on any atom is -0.497 e. The van der Waals surface area contributed by atoms with Crippen molar-refractivity contribution in [2.75, 3.05) is 19.8 Å². The van der Waals surface area contributed by atoms with Crippen molar-refractivity contribution in [2.24, 2.45) is 0 Å². The van der Waals surface area contributed by atoms with Gasteiger partial charge in [0.15, 0.2) is 12.4 Å². The second-order valence-electron chi connectivity index (χ2n) is 14.3. The number of rotatable bonds is 35. The Morgan fingerprint density at radius 3 is 1.45 bits per heavy atom. The summed E-state index contributed by atoms with van der Waals surface area (Å²) in [5.41, 5.74) is 0. The zero-order valence-electron chi connectivity index (χ0n) is 33.5. The van der Waals surface area contributed by atoms with Crippen LogP contribution in [0.25, 0.3) is 0 Å². The molecule has 53 heavy (non-hydrogen) atoms. The van der Waals surface area contributed by atoms with Gasteiger partial charge in [0.2, 0.25) is 0 Å². The van der Waals surface area contributed by atoms with E-state index in [1.165, 1.54) is 128 Å². The van der Waals surface area contributed by atoms with Crippen LogP contribution in [0.3, 0.4) is 0 Å². The molecule has 8 nitrogen and oxygen atoms in total. The molecule has 0 aromatic heterocycles. The minimum absolute atomic E-state index is 0.0269. The maximum Gasteiger partial charge on any atom is 0.186 e. The molecule has 1 saturated heterocycles. The fourth-order valence-corrected chi connectivity index (χ4v) is 6.11. The van der Waals surface area contributed by atoms with E-state index in [1.54, 1.807) is 24.7 Å². The Morgan fingerprint density at radius 2 is 0.962 bits per heavy atom. The fourth-order valence-electron chi connectivity index (χ4n) is 6.11. The number of allylic oxidation sites excluding steroid dienone is 10. The molecule has 1 fully saturated rings. The van der Waals surface area contributed by atoms with Crippen LogP contribution in [0.1, 0.15) is 155 Å². The van der Waals surface area contributed by atoms with Gasteiger partial charge in [0.1, 0.15) is 31.0 Å². The lowest BCUT2D eigenvalue weighted by molar-refractivity contribution is -0.305. The highest BCUT2D eigenvalue weighted by Crippen LogP contribution is 2.22. The molecular weight excluding hydrogens is 668 g/mol. The average Bonchev–Trinajstić information content (AvgIpc) is 3.17. The quantitative estimate of drug-likeness (QED) is 0.0288. The SMILES string of the molecule is CCCCCCCCCCCCC=CC=CC=COC[C@H](CO[C@@H]1O[C@H](CO)[C@H](O)[C@H](O)[C@H]1O)OC=CC=CC=CCCCCCCCCCCCC. The number of hydrogen-bond donors (Lipinski definition) is 4. The summed E-state index contributed by atoms with van der Waals surface area (Å²) < 4.78 is 22.7. The molecule has 1 aliphatic rings. The summed E-state index contributed by atoms with van der Waals surface area (Å²) in [6.45, 7) is 4.13. The van der Waals surface area contributed by atoms with Gasteiger partial charge in [-0.3, -0.25) is 0 Å². The smallest absolute Gasteiger partial charge is 0.186 e. The molecule has 0 amide bonds. The van der Waals surface area contributed by atoms with Crippen LogP contribution in [-0.4, -0.2) is 77.1 Å². The molecule has 306 valence electrons. The Kier molecular flexibility index (Phi) is 33.9. The number of hydrogen-bond acceptors (Lipinski definition) is 8. The van der Waals surface area contributed by atoms with Gasteiger partial charge in [-0.1, -0.05) is 178 Å². The van der Waals surface area contributed by atoms with E-state index in [0.717, 1.165) is 12.8 Å². The Morgan fingerprint density at radius 1 is 0.509 bits per heavy atom. The highest BCUT2D eigenvalue weighted by Gasteiger charge is 2.44. The molecule has 1 rings (SSSR count). The Labute approximate surface area is 323 Å². The first-order chi connectivity index (χ1) is 26.0. The van der Waals surface area contributed by atoms with Crippen LogP contribution in [0, 0.1) is 0 Å². The minimum atomic E-state index is -1.51. The molecule has 6 atom stereocenters. The Hall–Kier alpha value is -2.20. The lowest BCUT2D eigenvalue weighted by Gasteiger charge is -2.39. The first kappa shape index (κ1) is 48.8. The van der Waals surface area contributed by atoms with Crippen molar-refractivity contribution in [3.63, 3.8) is 0 Å². The molecule has 8 heteroatoms. The second kappa shape index (κ2) is 36.8. The van der Waals surface area contributed by atoms with Gasteiger partial charge in [-0.05, 0) is 37.8 Å². The van der Waals surface area contributed by atoms with Gasteiger partial charge in [-0.2, -0.15) is 0 Å². The Balaban J connectivity index is 2.39. The van der Waals surface area contributed by atoms with E-state index < -0.39 is 43.4 Å². The monoisotopic (exact) mass is 747 g/mol. The maximum absolute atomic E-state index is 10.3. The summed E-state index contributed by atoms with van der Waals surface area (Å²) in [5.74, 6) is 0. The van der Waals surface area contributed by atoms with E-state index >= 15 is 0 Å². The van der Waals surface area contributed by atoms with E-state index in [9.17, 15) is 20.4 Å². The van der Waals surface area contributed by atoms with Crippen LogP contribution >= 0.6 is 0 Å². The Bertz CT molecular complexity index is 972. The van der Waals surface area contributed by atoms with Gasteiger partial charge in [0.05, 0.1) is 25.7 Å². The predicted molar refractivity (Wildman–Crippen MR) is 218 cm³/mol. The largest absolute Gasteiger partial charge is 0.497 e. The molecule has 0 saturated carbocycles. The molecule has 0 radical (unpaired) electrons. The van der Waals surface area contributed by atoms with Gasteiger partial charge in [0, 0.05) is 0 Å². The lowest BCUT2D eigenvalue weighted by atomic mass is 9.99. The number of aliphatic hydroxyl groups is 4. The van der Waals surface area contributed by atoms with Crippen molar-refractivity contribution in [1.82, 2.24) is 0 Å². The van der Waals surface area contributed by atoms with E-state index in [0.29, 0.717) is 0 Å². The molecule has 4 N–H and O–H groups in total. The third-order valence-corrected chi connectivity index (χ3v) is 9.49. The topological polar surface area (TPSA) is 118 Å². The van der Waals surface area contributed by atoms with E-state index in [-0.39, 0.29) is 13.2 Å². The van der Waals surface area contributed by atoms with Gasteiger partial charge in [-0.15, -0.1) is 0 Å². The molecule has 0 unspecified atom stereocenters. The summed E-state index contributed by atoms with van der Waals surface area (Å²) in [5, 5.41) is 40.0. The van der Waals surface area contributed by atoms with Crippen molar-refractivity contribution in [1.29, 1.82) is 0 Å². The van der Waals surface area contributed by atoms with E-state index in [1.807, 2.05) is 30.4 Å². The van der Waals surface area contributed by atoms with Crippen LogP contribution in [0.4, 0.5) is 0 Å². The molecular formula is C45H78O8. The summed E-state index contributed by atoms with van der Waals surface area (Å²) >= 11 is 0. The fraction of sp³-hybridized carbons (Fsp3) is 0.733. The van der Waals surface area contributed by atoms with Crippen molar-refractivity contribution in [3.05, 3.63) is 73.3 Å². The summed E-state index contributed by atoms with van der Waals surface area (Å²) in [4.78, 5) is 0. The highest BCUT2D eigenvalue weighted by atomic mass is 16.7. The third-order valence-electron chi connectivity index (χ3n) is 9.49. The molecule has 0 spiro atoms. The van der Waals surface area contributed by atoms with Gasteiger partial charge >= 0.3 is 0 Å². The van der Waals surface area contributed by atoms with Crippen molar-refractivity contribution in [3.8, 4) is 0 Å². The molecule has 1 aliphatic heterocycles. The van der Waals surface area contributed by atoms with E-state index in [4.69, 9.17) is 18.9 Å². The van der Waals surface area contributed by atoms with Crippen LogP contribution in [-0.2, 0) is 18.9 Å². The lowest BCUT2D eigenvalue weighted by Crippen LogP contribution is -2.59. The van der Waals surface area contributed by atoms with Gasteiger partial charge in [-0.25, -0.2) is 0 Å². The maximum atomic E-state index is 10.3. The molecule has 0 bridgehead atoms. The van der Waals surface area contributed by atoms with Crippen molar-refractivity contribution >= 4 is 0 Å². The number of aliphatic hydroxyl groups excluding tert-OH is 4. The number of unbranched alkanes of at least 4 members (excludes halogenated alkanes) is 20. The van der Waals surface area contributed by atoms with Crippen LogP contribution in [0.2, 0.25) is 0 Å². The summed E-state index contributed by atoms with van der Waals surface area (Å²) in [7, 11) is 0. The second-order valence-corrected chi connectivity index (χ2v) is 14.3. The van der Waals surface area contributed by atoms with Gasteiger partial charge in [0.25, 0.3) is 0 Å². The van der Waals surface area contributed by atoms with E-state index in [2.05, 4.69) is 32.1 Å². The summed E-state index contributed by atoms with van der Waals surface area (Å²) in [6, 6.07) is 0. The van der Waals surface area contributed by atoms with Crippen LogP contribution < -0.4 is 0 Å². The first-order valence-corrected chi connectivity index (χ1v) is 21.2. The standard InChI is InChI=1S/C45H78O8/c1-3-5-7-9-11-13-15-17-19-21-23-25-27-29-31-33-35-50-38-40(39-52-45-44(49)43(48)42(47)41(37-46)53-45)51-36-34-32-30-28-26-24-22-20-18-16-14-12-10-8-6-4-2/h25-36,40-49H,3-24,37-39H2,1-2H3/t40-,41-,42+,43+,44-,45-/m1/s1. The molecule has 0 aromatic carbocycles. The third kappa shape index (κ3) is 28.0. The van der Waals surface area contributed by atoms with Crippen LogP contribution in [0.5, 0.6) is 0 Å².